The molecule has 0 spiro atoms. The number of ketones is 1. The first-order valence-corrected chi connectivity index (χ1v) is 11.5. The van der Waals surface area contributed by atoms with Crippen molar-refractivity contribution in [3.05, 3.63) is 105 Å². The molecule has 1 aliphatic rings. The minimum atomic E-state index is -4.08. The van der Waals surface area contributed by atoms with E-state index < -0.39 is 15.8 Å². The molecule has 1 heterocycles. The first kappa shape index (κ1) is 21.2. The number of carbonyl (C=O) groups excluding carboxylic acids is 1. The third-order valence-electron chi connectivity index (χ3n) is 5.41. The van der Waals surface area contributed by atoms with Gasteiger partial charge in [0.05, 0.1) is 12.2 Å². The summed E-state index contributed by atoms with van der Waals surface area (Å²) >= 11 is 5.96. The van der Waals surface area contributed by atoms with E-state index in [9.17, 15) is 13.2 Å². The number of hydrogen-bond acceptors (Lipinski definition) is 4. The van der Waals surface area contributed by atoms with E-state index in [1.165, 1.54) is 10.5 Å². The second kappa shape index (κ2) is 8.21. The predicted octanol–water partition coefficient (Wildman–Crippen LogP) is 5.44. The highest BCUT2D eigenvalue weighted by Gasteiger charge is 2.40. The van der Waals surface area contributed by atoms with Crippen molar-refractivity contribution in [3.8, 4) is 0 Å². The number of anilines is 2. The minimum Gasteiger partial charge on any atom is -0.360 e. The molecule has 1 aliphatic heterocycles. The van der Waals surface area contributed by atoms with Gasteiger partial charge in [0, 0.05) is 22.5 Å². The second-order valence-corrected chi connectivity index (χ2v) is 9.65. The van der Waals surface area contributed by atoms with E-state index in [1.807, 2.05) is 32.0 Å². The van der Waals surface area contributed by atoms with Gasteiger partial charge >= 0.3 is 0 Å². The number of fused-ring (bicyclic) bond motifs is 1. The Morgan fingerprint density at radius 1 is 0.968 bits per heavy atom. The van der Waals surface area contributed by atoms with Crippen LogP contribution in [0.1, 0.15) is 27.0 Å². The van der Waals surface area contributed by atoms with Gasteiger partial charge in [0.25, 0.3) is 10.0 Å². The van der Waals surface area contributed by atoms with Crippen molar-refractivity contribution >= 4 is 38.8 Å². The lowest BCUT2D eigenvalue weighted by Gasteiger charge is -2.31. The zero-order valence-electron chi connectivity index (χ0n) is 17.1. The van der Waals surface area contributed by atoms with Crippen molar-refractivity contribution in [1.82, 2.24) is 0 Å². The molecule has 158 valence electrons. The van der Waals surface area contributed by atoms with E-state index in [2.05, 4.69) is 5.32 Å². The molecule has 0 unspecified atom stereocenters. The largest absolute Gasteiger partial charge is 0.360 e. The van der Waals surface area contributed by atoms with Gasteiger partial charge in [-0.1, -0.05) is 48.0 Å². The number of nitrogens with zero attached hydrogens (tertiary/aromatic N) is 1. The highest BCUT2D eigenvalue weighted by molar-refractivity contribution is 7.97. The molecule has 4 rings (SSSR count). The van der Waals surface area contributed by atoms with Crippen LogP contribution in [0.2, 0.25) is 5.02 Å². The Kier molecular flexibility index (Phi) is 5.60. The molecule has 0 fully saturated rings. The minimum absolute atomic E-state index is 0.0879. The molecule has 3 aromatic rings. The van der Waals surface area contributed by atoms with E-state index in [1.54, 1.807) is 48.5 Å². The number of halogens is 1. The molecule has 0 saturated heterocycles. The average molecular weight is 453 g/mol. The number of allylic oxidation sites excluding steroid dienone is 1. The number of para-hydroxylation sites is 1. The average Bonchev–Trinajstić information content (AvgIpc) is 2.75. The Morgan fingerprint density at radius 2 is 1.68 bits per heavy atom. The highest BCUT2D eigenvalue weighted by Crippen LogP contribution is 2.36. The standard InChI is InChI=1S/C24H21ClN2O3S/c1-16-6-5-8-21(17(16)2)26-14-23-24(28)20-7-3-4-9-22(20)27(31(23,29)30)15-18-10-12-19(25)13-11-18/h3-14,26H,15H2,1-2H3. The summed E-state index contributed by atoms with van der Waals surface area (Å²) in [5.74, 6) is -0.527. The lowest BCUT2D eigenvalue weighted by Crippen LogP contribution is -2.39. The van der Waals surface area contributed by atoms with Crippen LogP contribution in [-0.2, 0) is 16.6 Å². The number of aryl methyl sites for hydroxylation is 1. The molecular formula is C24H21ClN2O3S. The van der Waals surface area contributed by atoms with Gasteiger partial charge in [-0.25, -0.2) is 8.42 Å². The molecule has 0 saturated carbocycles. The molecule has 0 amide bonds. The fourth-order valence-corrected chi connectivity index (χ4v) is 5.15. The van der Waals surface area contributed by atoms with Crippen LogP contribution in [0.25, 0.3) is 0 Å². The molecule has 3 aromatic carbocycles. The summed E-state index contributed by atoms with van der Waals surface area (Å²) < 4.78 is 28.3. The Morgan fingerprint density at radius 3 is 2.42 bits per heavy atom. The summed E-state index contributed by atoms with van der Waals surface area (Å²) in [6.45, 7) is 4.00. The van der Waals surface area contributed by atoms with Crippen molar-refractivity contribution in [2.45, 2.75) is 20.4 Å². The van der Waals surface area contributed by atoms with Gasteiger partial charge in [-0.2, -0.15) is 0 Å². The quantitative estimate of drug-likeness (QED) is 0.535. The first-order chi connectivity index (χ1) is 14.8. The smallest absolute Gasteiger partial charge is 0.270 e. The lowest BCUT2D eigenvalue weighted by molar-refractivity contribution is 0.104. The summed E-state index contributed by atoms with van der Waals surface area (Å²) in [6.07, 6.45) is 1.30. The van der Waals surface area contributed by atoms with E-state index >= 15 is 0 Å². The topological polar surface area (TPSA) is 66.5 Å². The van der Waals surface area contributed by atoms with Gasteiger partial charge in [0.2, 0.25) is 5.78 Å². The van der Waals surface area contributed by atoms with E-state index in [0.717, 1.165) is 22.4 Å². The van der Waals surface area contributed by atoms with Gasteiger partial charge in [0.1, 0.15) is 0 Å². The van der Waals surface area contributed by atoms with Gasteiger partial charge in [0.15, 0.2) is 4.91 Å². The molecular weight excluding hydrogens is 432 g/mol. The maximum absolute atomic E-state index is 13.5. The van der Waals surface area contributed by atoms with Crippen LogP contribution < -0.4 is 9.62 Å². The van der Waals surface area contributed by atoms with Crippen molar-refractivity contribution in [1.29, 1.82) is 0 Å². The predicted molar refractivity (Wildman–Crippen MR) is 125 cm³/mol. The van der Waals surface area contributed by atoms with E-state index in [-0.39, 0.29) is 11.4 Å². The van der Waals surface area contributed by atoms with Crippen molar-refractivity contribution in [2.24, 2.45) is 0 Å². The number of sulfonamides is 1. The van der Waals surface area contributed by atoms with Crippen LogP contribution in [0, 0.1) is 13.8 Å². The number of benzene rings is 3. The number of Topliss-reactive ketones (excluding diaryl/α,β-unsaturated/α-hetero) is 1. The van der Waals surface area contributed by atoms with E-state index in [4.69, 9.17) is 11.6 Å². The summed E-state index contributed by atoms with van der Waals surface area (Å²) in [5.41, 5.74) is 4.28. The molecule has 0 radical (unpaired) electrons. The van der Waals surface area contributed by atoms with Crippen LogP contribution in [0.4, 0.5) is 11.4 Å². The third-order valence-corrected chi connectivity index (χ3v) is 7.43. The summed E-state index contributed by atoms with van der Waals surface area (Å²) in [5, 5.41) is 3.59. The third kappa shape index (κ3) is 3.96. The molecule has 1 N–H and O–H groups in total. The Balaban J connectivity index is 1.79. The number of nitrogens with one attached hydrogen (secondary N) is 1. The summed E-state index contributed by atoms with van der Waals surface area (Å²) in [7, 11) is -4.08. The van der Waals surface area contributed by atoms with Crippen molar-refractivity contribution in [2.75, 3.05) is 9.62 Å². The van der Waals surface area contributed by atoms with Crippen LogP contribution in [0.3, 0.4) is 0 Å². The van der Waals surface area contributed by atoms with Crippen molar-refractivity contribution in [3.63, 3.8) is 0 Å². The van der Waals surface area contributed by atoms with Gasteiger partial charge in [-0.15, -0.1) is 0 Å². The van der Waals surface area contributed by atoms with Gasteiger partial charge in [-0.05, 0) is 60.9 Å². The molecule has 0 aliphatic carbocycles. The Bertz CT molecular complexity index is 1300. The number of carbonyl (C=O) groups is 1. The van der Waals surface area contributed by atoms with Gasteiger partial charge in [-0.3, -0.25) is 9.10 Å². The van der Waals surface area contributed by atoms with E-state index in [0.29, 0.717) is 16.3 Å². The Labute approximate surface area is 187 Å². The van der Waals surface area contributed by atoms with Crippen molar-refractivity contribution < 1.29 is 13.2 Å². The SMILES string of the molecule is Cc1cccc(NC=C2C(=O)c3ccccc3N(Cc3ccc(Cl)cc3)S2(=O)=O)c1C. The summed E-state index contributed by atoms with van der Waals surface area (Å²) in [6, 6.07) is 19.4. The molecule has 5 nitrogen and oxygen atoms in total. The molecule has 0 aromatic heterocycles. The molecule has 7 heteroatoms. The maximum atomic E-state index is 13.5. The maximum Gasteiger partial charge on any atom is 0.270 e. The van der Waals surface area contributed by atoms with Crippen LogP contribution >= 0.6 is 11.6 Å². The zero-order chi connectivity index (χ0) is 22.2. The normalized spacial score (nSPS) is 16.3. The van der Waals surface area contributed by atoms with Crippen LogP contribution in [-0.4, -0.2) is 14.2 Å². The number of hydrogen-bond donors (Lipinski definition) is 1. The molecule has 31 heavy (non-hydrogen) atoms. The fourth-order valence-electron chi connectivity index (χ4n) is 3.50. The second-order valence-electron chi connectivity index (χ2n) is 7.38. The van der Waals surface area contributed by atoms with Crippen LogP contribution in [0.5, 0.6) is 0 Å². The van der Waals surface area contributed by atoms with Crippen LogP contribution in [0.15, 0.2) is 77.8 Å². The molecule has 0 bridgehead atoms. The zero-order valence-corrected chi connectivity index (χ0v) is 18.7. The van der Waals surface area contributed by atoms with Gasteiger partial charge < -0.3 is 5.32 Å². The monoisotopic (exact) mass is 452 g/mol. The lowest BCUT2D eigenvalue weighted by atomic mass is 10.1. The first-order valence-electron chi connectivity index (χ1n) is 9.73. The Hall–Kier alpha value is -3.09. The summed E-state index contributed by atoms with van der Waals surface area (Å²) in [4.78, 5) is 12.8. The molecule has 0 atom stereocenters. The highest BCUT2D eigenvalue weighted by atomic mass is 35.5. The fraction of sp³-hybridized carbons (Fsp3) is 0.125. The number of rotatable bonds is 4.